The summed E-state index contributed by atoms with van der Waals surface area (Å²) in [6, 6.07) is 10.8. The third kappa shape index (κ3) is 3.75. The standard InChI is InChI=1S/C20H20ClN3O3/c1-11-9-17(13(3)24(11)16-7-5-15(21)6-8-16)19(25)22-23-20(26)18-10-12(2)27-14(18)4/h5-10H,1-4H3,(H,22,25)(H,23,26). The van der Waals surface area contributed by atoms with E-state index in [4.69, 9.17) is 16.0 Å². The van der Waals surface area contributed by atoms with Gasteiger partial charge in [0.2, 0.25) is 0 Å². The predicted octanol–water partition coefficient (Wildman–Crippen LogP) is 4.03. The lowest BCUT2D eigenvalue weighted by atomic mass is 10.2. The highest BCUT2D eigenvalue weighted by molar-refractivity contribution is 6.30. The summed E-state index contributed by atoms with van der Waals surface area (Å²) in [5.74, 6) is 0.314. The van der Waals surface area contributed by atoms with Gasteiger partial charge in [-0.2, -0.15) is 0 Å². The number of amides is 2. The second kappa shape index (κ2) is 7.32. The molecule has 0 bridgehead atoms. The first-order valence-corrected chi connectivity index (χ1v) is 8.78. The van der Waals surface area contributed by atoms with E-state index in [1.54, 1.807) is 38.1 Å². The molecule has 0 saturated carbocycles. The van der Waals surface area contributed by atoms with Gasteiger partial charge in [0, 0.05) is 22.1 Å². The Labute approximate surface area is 162 Å². The molecule has 2 heterocycles. The second-order valence-corrected chi connectivity index (χ2v) is 6.77. The Morgan fingerprint density at radius 3 is 2.07 bits per heavy atom. The molecule has 0 aliphatic heterocycles. The summed E-state index contributed by atoms with van der Waals surface area (Å²) in [5.41, 5.74) is 8.32. The van der Waals surface area contributed by atoms with Crippen LogP contribution in [0.2, 0.25) is 5.02 Å². The minimum absolute atomic E-state index is 0.388. The van der Waals surface area contributed by atoms with Crippen LogP contribution in [0.4, 0.5) is 0 Å². The van der Waals surface area contributed by atoms with E-state index >= 15 is 0 Å². The quantitative estimate of drug-likeness (QED) is 0.668. The molecule has 1 aromatic carbocycles. The monoisotopic (exact) mass is 385 g/mol. The molecule has 0 aliphatic carbocycles. The van der Waals surface area contributed by atoms with Gasteiger partial charge in [0.15, 0.2) is 0 Å². The Morgan fingerprint density at radius 2 is 1.52 bits per heavy atom. The average Bonchev–Trinajstić information content (AvgIpc) is 3.11. The van der Waals surface area contributed by atoms with Crippen LogP contribution < -0.4 is 10.9 Å². The highest BCUT2D eigenvalue weighted by Gasteiger charge is 2.19. The molecule has 6 nitrogen and oxygen atoms in total. The maximum absolute atomic E-state index is 12.6. The van der Waals surface area contributed by atoms with E-state index in [1.165, 1.54) is 0 Å². The molecule has 2 N–H and O–H groups in total. The van der Waals surface area contributed by atoms with Crippen LogP contribution in [-0.2, 0) is 0 Å². The van der Waals surface area contributed by atoms with E-state index < -0.39 is 11.8 Å². The predicted molar refractivity (Wildman–Crippen MR) is 103 cm³/mol. The van der Waals surface area contributed by atoms with Gasteiger partial charge in [0.05, 0.1) is 11.1 Å². The zero-order chi connectivity index (χ0) is 19.7. The zero-order valence-corrected chi connectivity index (χ0v) is 16.3. The maximum atomic E-state index is 12.6. The molecule has 27 heavy (non-hydrogen) atoms. The lowest BCUT2D eigenvalue weighted by Crippen LogP contribution is -2.41. The fourth-order valence-corrected chi connectivity index (χ4v) is 3.21. The first-order chi connectivity index (χ1) is 12.8. The van der Waals surface area contributed by atoms with Crippen molar-refractivity contribution >= 4 is 23.4 Å². The van der Waals surface area contributed by atoms with Gasteiger partial charge in [0.25, 0.3) is 11.8 Å². The van der Waals surface area contributed by atoms with Crippen LogP contribution in [0.25, 0.3) is 5.69 Å². The van der Waals surface area contributed by atoms with Crippen LogP contribution in [0.15, 0.2) is 40.8 Å². The van der Waals surface area contributed by atoms with E-state index in [0.717, 1.165) is 17.1 Å². The van der Waals surface area contributed by atoms with Gasteiger partial charge < -0.3 is 8.98 Å². The van der Waals surface area contributed by atoms with Crippen LogP contribution in [0, 0.1) is 27.7 Å². The first kappa shape index (κ1) is 18.8. The van der Waals surface area contributed by atoms with Gasteiger partial charge >= 0.3 is 0 Å². The van der Waals surface area contributed by atoms with Crippen LogP contribution in [0.5, 0.6) is 0 Å². The summed E-state index contributed by atoms with van der Waals surface area (Å²) in [5, 5.41) is 0.645. The maximum Gasteiger partial charge on any atom is 0.273 e. The van der Waals surface area contributed by atoms with Crippen molar-refractivity contribution in [3.8, 4) is 5.69 Å². The Bertz CT molecular complexity index is 1020. The normalized spacial score (nSPS) is 10.7. The number of nitrogens with one attached hydrogen (secondary N) is 2. The number of halogens is 1. The van der Waals surface area contributed by atoms with E-state index in [-0.39, 0.29) is 0 Å². The van der Waals surface area contributed by atoms with Gasteiger partial charge in [-0.25, -0.2) is 0 Å². The van der Waals surface area contributed by atoms with Crippen molar-refractivity contribution in [1.29, 1.82) is 0 Å². The molecule has 0 unspecified atom stereocenters. The molecule has 0 radical (unpaired) electrons. The zero-order valence-electron chi connectivity index (χ0n) is 15.5. The molecule has 2 aromatic heterocycles. The number of hydrogen-bond acceptors (Lipinski definition) is 3. The molecule has 140 valence electrons. The van der Waals surface area contributed by atoms with Crippen molar-refractivity contribution in [2.45, 2.75) is 27.7 Å². The summed E-state index contributed by atoms with van der Waals surface area (Å²) in [6.45, 7) is 7.22. The number of carbonyl (C=O) groups excluding carboxylic acids is 2. The molecule has 0 atom stereocenters. The Morgan fingerprint density at radius 1 is 0.926 bits per heavy atom. The van der Waals surface area contributed by atoms with Crippen LogP contribution in [0.3, 0.4) is 0 Å². The van der Waals surface area contributed by atoms with Gasteiger partial charge in [-0.1, -0.05) is 11.6 Å². The molecule has 3 rings (SSSR count). The van der Waals surface area contributed by atoms with Crippen molar-refractivity contribution < 1.29 is 14.0 Å². The van der Waals surface area contributed by atoms with Gasteiger partial charge in [0.1, 0.15) is 11.5 Å². The molecule has 0 spiro atoms. The molecule has 2 amide bonds. The molecule has 0 fully saturated rings. The molecule has 0 aliphatic rings. The minimum atomic E-state index is -0.427. The van der Waals surface area contributed by atoms with Crippen LogP contribution >= 0.6 is 11.6 Å². The number of hydrogen-bond donors (Lipinski definition) is 2. The molecule has 7 heteroatoms. The summed E-state index contributed by atoms with van der Waals surface area (Å²) in [7, 11) is 0. The molecule has 3 aromatic rings. The Balaban J connectivity index is 1.77. The van der Waals surface area contributed by atoms with Crippen molar-refractivity contribution in [3.63, 3.8) is 0 Å². The highest BCUT2D eigenvalue weighted by atomic mass is 35.5. The van der Waals surface area contributed by atoms with Crippen molar-refractivity contribution in [2.75, 3.05) is 0 Å². The summed E-state index contributed by atoms with van der Waals surface area (Å²) in [6.07, 6.45) is 0. The van der Waals surface area contributed by atoms with Gasteiger partial charge in [-0.15, -0.1) is 0 Å². The van der Waals surface area contributed by atoms with E-state index in [9.17, 15) is 9.59 Å². The number of carbonyl (C=O) groups is 2. The van der Waals surface area contributed by atoms with Gasteiger partial charge in [-0.05, 0) is 64.1 Å². The van der Waals surface area contributed by atoms with Crippen molar-refractivity contribution in [2.24, 2.45) is 0 Å². The molecule has 0 saturated heterocycles. The number of hydrazine groups is 1. The molecular weight excluding hydrogens is 366 g/mol. The number of aryl methyl sites for hydroxylation is 3. The number of nitrogens with zero attached hydrogens (tertiary/aromatic N) is 1. The van der Waals surface area contributed by atoms with Crippen molar-refractivity contribution in [3.05, 3.63) is 75.5 Å². The second-order valence-electron chi connectivity index (χ2n) is 6.33. The summed E-state index contributed by atoms with van der Waals surface area (Å²) < 4.78 is 7.29. The fraction of sp³-hybridized carbons (Fsp3) is 0.200. The van der Waals surface area contributed by atoms with Gasteiger partial charge in [-0.3, -0.25) is 20.4 Å². The number of benzene rings is 1. The smallest absolute Gasteiger partial charge is 0.273 e. The first-order valence-electron chi connectivity index (χ1n) is 8.40. The number of rotatable bonds is 3. The average molecular weight is 386 g/mol. The number of aromatic nitrogens is 1. The summed E-state index contributed by atoms with van der Waals surface area (Å²) >= 11 is 5.95. The van der Waals surface area contributed by atoms with Crippen molar-refractivity contribution in [1.82, 2.24) is 15.4 Å². The van der Waals surface area contributed by atoms with E-state index in [2.05, 4.69) is 10.9 Å². The highest BCUT2D eigenvalue weighted by Crippen LogP contribution is 2.22. The topological polar surface area (TPSA) is 76.3 Å². The van der Waals surface area contributed by atoms with Crippen LogP contribution in [-0.4, -0.2) is 16.4 Å². The van der Waals surface area contributed by atoms with E-state index in [1.807, 2.05) is 30.5 Å². The van der Waals surface area contributed by atoms with E-state index in [0.29, 0.717) is 27.7 Å². The Kier molecular flexibility index (Phi) is 5.10. The fourth-order valence-electron chi connectivity index (χ4n) is 3.08. The summed E-state index contributed by atoms with van der Waals surface area (Å²) in [4.78, 5) is 24.8. The molecular formula is C20H20ClN3O3. The third-order valence-corrected chi connectivity index (χ3v) is 4.59. The minimum Gasteiger partial charge on any atom is -0.466 e. The number of furan rings is 1. The Hall–Kier alpha value is -2.99. The van der Waals surface area contributed by atoms with Crippen LogP contribution in [0.1, 0.15) is 43.6 Å². The lowest BCUT2D eigenvalue weighted by molar-refractivity contribution is 0.0845. The third-order valence-electron chi connectivity index (χ3n) is 4.34. The lowest BCUT2D eigenvalue weighted by Gasteiger charge is -2.10. The SMILES string of the molecule is Cc1cc(C(=O)NNC(=O)c2cc(C)n(-c3ccc(Cl)cc3)c2C)c(C)o1. The largest absolute Gasteiger partial charge is 0.466 e.